The number of nitrogens with zero attached hydrogens (tertiary/aromatic N) is 3. The molecule has 42 heavy (non-hydrogen) atoms. The minimum absolute atomic E-state index is 0.189. The first kappa shape index (κ1) is 30.9. The molecule has 0 aliphatic heterocycles. The lowest BCUT2D eigenvalue weighted by atomic mass is 9.97. The standard InChI is InChI=1S/C34H41N3O5/c1-23(2)37(18-17-31(38)41-34(3,4)5)21-24-11-10-12-25(19-24)32-35-33(42-36-32)26-15-16-28(27(20-26)22-39-6)29-13-8-9-14-30(29)40-7/h8-16,19-20,23H,17-18,21-22H2,1-7H3. The number of aromatic nitrogens is 2. The molecule has 4 rings (SSSR count). The molecule has 0 aliphatic carbocycles. The number of hydrogen-bond donors (Lipinski definition) is 0. The van der Waals surface area contributed by atoms with Gasteiger partial charge in [-0.3, -0.25) is 9.69 Å². The van der Waals surface area contributed by atoms with E-state index in [0.29, 0.717) is 37.8 Å². The largest absolute Gasteiger partial charge is 0.496 e. The zero-order chi connectivity index (χ0) is 30.3. The van der Waals surface area contributed by atoms with Crippen LogP contribution in [0.3, 0.4) is 0 Å². The van der Waals surface area contributed by atoms with Crippen molar-refractivity contribution in [2.75, 3.05) is 20.8 Å². The van der Waals surface area contributed by atoms with Gasteiger partial charge >= 0.3 is 5.97 Å². The van der Waals surface area contributed by atoms with E-state index in [4.69, 9.17) is 23.7 Å². The minimum atomic E-state index is -0.486. The molecule has 222 valence electrons. The van der Waals surface area contributed by atoms with Gasteiger partial charge in [-0.25, -0.2) is 0 Å². The lowest BCUT2D eigenvalue weighted by molar-refractivity contribution is -0.155. The fraction of sp³-hybridized carbons (Fsp3) is 0.382. The Balaban J connectivity index is 1.53. The maximum absolute atomic E-state index is 12.3. The number of carbonyl (C=O) groups excluding carboxylic acids is 1. The van der Waals surface area contributed by atoms with Gasteiger partial charge in [0, 0.05) is 42.9 Å². The second-order valence-electron chi connectivity index (χ2n) is 11.5. The Hall–Kier alpha value is -4.01. The summed E-state index contributed by atoms with van der Waals surface area (Å²) in [5.74, 6) is 1.55. The highest BCUT2D eigenvalue weighted by Crippen LogP contribution is 2.35. The van der Waals surface area contributed by atoms with Crippen LogP contribution in [0.2, 0.25) is 0 Å². The maximum Gasteiger partial charge on any atom is 0.307 e. The zero-order valence-electron chi connectivity index (χ0n) is 25.6. The van der Waals surface area contributed by atoms with Crippen LogP contribution in [0.25, 0.3) is 34.0 Å². The molecule has 0 saturated heterocycles. The molecule has 0 saturated carbocycles. The van der Waals surface area contributed by atoms with E-state index < -0.39 is 5.60 Å². The Morgan fingerprint density at radius 1 is 0.952 bits per heavy atom. The van der Waals surface area contributed by atoms with Gasteiger partial charge in [-0.1, -0.05) is 47.6 Å². The molecule has 1 heterocycles. The first-order chi connectivity index (χ1) is 20.1. The molecule has 4 aromatic rings. The monoisotopic (exact) mass is 571 g/mol. The number of para-hydroxylation sites is 1. The van der Waals surface area contributed by atoms with Gasteiger partial charge in [0.1, 0.15) is 11.4 Å². The first-order valence-electron chi connectivity index (χ1n) is 14.2. The first-order valence-corrected chi connectivity index (χ1v) is 14.2. The van der Waals surface area contributed by atoms with Crippen LogP contribution in [0.4, 0.5) is 0 Å². The third-order valence-corrected chi connectivity index (χ3v) is 6.80. The fourth-order valence-electron chi connectivity index (χ4n) is 4.78. The number of hydrogen-bond acceptors (Lipinski definition) is 8. The third kappa shape index (κ3) is 8.05. The van der Waals surface area contributed by atoms with Crippen molar-refractivity contribution in [3.8, 4) is 39.7 Å². The molecule has 3 aromatic carbocycles. The topological polar surface area (TPSA) is 86.9 Å². The summed E-state index contributed by atoms with van der Waals surface area (Å²) in [6, 6.07) is 22.3. The van der Waals surface area contributed by atoms with Crippen molar-refractivity contribution in [2.45, 2.75) is 65.8 Å². The van der Waals surface area contributed by atoms with Crippen LogP contribution in [0, 0.1) is 0 Å². The number of carbonyl (C=O) groups is 1. The van der Waals surface area contributed by atoms with Crippen molar-refractivity contribution >= 4 is 5.97 Å². The number of benzene rings is 3. The van der Waals surface area contributed by atoms with Crippen molar-refractivity contribution in [3.63, 3.8) is 0 Å². The molecular formula is C34H41N3O5. The summed E-state index contributed by atoms with van der Waals surface area (Å²) < 4.78 is 22.3. The molecule has 0 aliphatic rings. The molecule has 8 heteroatoms. The van der Waals surface area contributed by atoms with Gasteiger partial charge in [-0.2, -0.15) is 4.98 Å². The highest BCUT2D eigenvalue weighted by atomic mass is 16.6. The molecule has 0 spiro atoms. The molecule has 0 amide bonds. The van der Waals surface area contributed by atoms with Gasteiger partial charge in [0.15, 0.2) is 0 Å². The molecule has 1 aromatic heterocycles. The van der Waals surface area contributed by atoms with E-state index in [2.05, 4.69) is 36.0 Å². The summed E-state index contributed by atoms with van der Waals surface area (Å²) in [5, 5.41) is 4.28. The minimum Gasteiger partial charge on any atom is -0.496 e. The van der Waals surface area contributed by atoms with Crippen molar-refractivity contribution < 1.29 is 23.5 Å². The van der Waals surface area contributed by atoms with Gasteiger partial charge in [0.05, 0.1) is 20.1 Å². The Morgan fingerprint density at radius 2 is 1.74 bits per heavy atom. The fourth-order valence-corrected chi connectivity index (χ4v) is 4.78. The third-order valence-electron chi connectivity index (χ3n) is 6.80. The number of ether oxygens (including phenoxy) is 3. The average molecular weight is 572 g/mol. The van der Waals surface area contributed by atoms with Gasteiger partial charge in [0.25, 0.3) is 5.89 Å². The number of esters is 1. The lowest BCUT2D eigenvalue weighted by Crippen LogP contribution is -2.34. The summed E-state index contributed by atoms with van der Waals surface area (Å²) in [6.45, 7) is 11.6. The van der Waals surface area contributed by atoms with Crippen molar-refractivity contribution in [1.29, 1.82) is 0 Å². The van der Waals surface area contributed by atoms with Crippen molar-refractivity contribution in [3.05, 3.63) is 77.9 Å². The molecule has 8 nitrogen and oxygen atoms in total. The summed E-state index contributed by atoms with van der Waals surface area (Å²) in [4.78, 5) is 19.3. The average Bonchev–Trinajstić information content (AvgIpc) is 3.45. The Morgan fingerprint density at radius 3 is 2.45 bits per heavy atom. The number of rotatable bonds is 12. The van der Waals surface area contributed by atoms with Crippen LogP contribution in [0.15, 0.2) is 71.3 Å². The van der Waals surface area contributed by atoms with Crippen LogP contribution < -0.4 is 4.74 Å². The summed E-state index contributed by atoms with van der Waals surface area (Å²) in [6.07, 6.45) is 0.338. The Kier molecular flexibility index (Phi) is 10.1. The summed E-state index contributed by atoms with van der Waals surface area (Å²) in [7, 11) is 3.34. The maximum atomic E-state index is 12.3. The van der Waals surface area contributed by atoms with E-state index >= 15 is 0 Å². The van der Waals surface area contributed by atoms with Crippen LogP contribution in [-0.4, -0.2) is 53.4 Å². The zero-order valence-corrected chi connectivity index (χ0v) is 25.6. The summed E-state index contributed by atoms with van der Waals surface area (Å²) in [5.41, 5.74) is 5.28. The highest BCUT2D eigenvalue weighted by molar-refractivity contribution is 5.76. The Labute approximate surface area is 248 Å². The second kappa shape index (κ2) is 13.8. The molecule has 0 radical (unpaired) electrons. The van der Waals surface area contributed by atoms with Gasteiger partial charge in [0.2, 0.25) is 5.82 Å². The van der Waals surface area contributed by atoms with E-state index in [1.165, 1.54) is 0 Å². The predicted octanol–water partition coefficient (Wildman–Crippen LogP) is 7.17. The Bertz CT molecular complexity index is 1490. The predicted molar refractivity (Wildman–Crippen MR) is 164 cm³/mol. The quantitative estimate of drug-likeness (QED) is 0.166. The molecule has 0 N–H and O–H groups in total. The molecule has 0 fully saturated rings. The van der Waals surface area contributed by atoms with E-state index in [-0.39, 0.29) is 12.0 Å². The van der Waals surface area contributed by atoms with Crippen molar-refractivity contribution in [2.24, 2.45) is 0 Å². The molecule has 0 atom stereocenters. The van der Waals surface area contributed by atoms with E-state index in [1.54, 1.807) is 14.2 Å². The van der Waals surface area contributed by atoms with Gasteiger partial charge < -0.3 is 18.7 Å². The lowest BCUT2D eigenvalue weighted by Gasteiger charge is -2.27. The molecule has 0 unspecified atom stereocenters. The van der Waals surface area contributed by atoms with Crippen molar-refractivity contribution in [1.82, 2.24) is 15.0 Å². The second-order valence-corrected chi connectivity index (χ2v) is 11.5. The smallest absolute Gasteiger partial charge is 0.307 e. The van der Waals surface area contributed by atoms with Gasteiger partial charge in [-0.05, 0) is 75.6 Å². The van der Waals surface area contributed by atoms with Crippen LogP contribution in [0.5, 0.6) is 5.75 Å². The normalized spacial score (nSPS) is 11.7. The highest BCUT2D eigenvalue weighted by Gasteiger charge is 2.19. The molecule has 0 bridgehead atoms. The van der Waals surface area contributed by atoms with Crippen LogP contribution >= 0.6 is 0 Å². The van der Waals surface area contributed by atoms with Gasteiger partial charge in [-0.15, -0.1) is 0 Å². The van der Waals surface area contributed by atoms with Crippen LogP contribution in [-0.2, 0) is 27.4 Å². The van der Waals surface area contributed by atoms with E-state index in [0.717, 1.165) is 39.1 Å². The summed E-state index contributed by atoms with van der Waals surface area (Å²) >= 11 is 0. The molecular weight excluding hydrogens is 530 g/mol. The van der Waals surface area contributed by atoms with E-state index in [1.807, 2.05) is 75.4 Å². The SMILES string of the molecule is COCc1cc(-c2nc(-c3cccc(CN(CCC(=O)OC(C)(C)C)C(C)C)c3)no2)ccc1-c1ccccc1OC. The van der Waals surface area contributed by atoms with Crippen LogP contribution in [0.1, 0.15) is 52.2 Å². The number of methoxy groups -OCH3 is 2. The van der Waals surface area contributed by atoms with E-state index in [9.17, 15) is 4.79 Å².